The molecular formula is C21H28N7O2S. The van der Waals surface area contributed by atoms with Gasteiger partial charge in [-0.25, -0.2) is 28.1 Å². The largest absolute Gasteiger partial charge is 0.338 e. The predicted molar refractivity (Wildman–Crippen MR) is 120 cm³/mol. The van der Waals surface area contributed by atoms with E-state index in [1.54, 1.807) is 19.2 Å². The maximum atomic E-state index is 11.7. The van der Waals surface area contributed by atoms with Crippen molar-refractivity contribution in [3.63, 3.8) is 0 Å². The third-order valence-corrected chi connectivity index (χ3v) is 6.51. The number of hydrogen-bond donors (Lipinski definition) is 1. The maximum Gasteiger partial charge on any atom is 0.192 e. The van der Waals surface area contributed by atoms with Gasteiger partial charge in [0.05, 0.1) is 29.0 Å². The van der Waals surface area contributed by atoms with E-state index < -0.39 is 9.84 Å². The third kappa shape index (κ3) is 4.69. The first kappa shape index (κ1) is 21.6. The van der Waals surface area contributed by atoms with Crippen LogP contribution in [0.2, 0.25) is 0 Å². The van der Waals surface area contributed by atoms with Gasteiger partial charge in [0, 0.05) is 25.9 Å². The molecule has 1 saturated heterocycles. The quantitative estimate of drug-likeness (QED) is 0.621. The molecule has 0 saturated carbocycles. The summed E-state index contributed by atoms with van der Waals surface area (Å²) in [5.74, 6) is 2.06. The van der Waals surface area contributed by atoms with Crippen molar-refractivity contribution in [1.82, 2.24) is 29.6 Å². The second-order valence-electron chi connectivity index (χ2n) is 8.44. The highest BCUT2D eigenvalue weighted by Gasteiger charge is 2.24. The summed E-state index contributed by atoms with van der Waals surface area (Å²) in [7, 11) is -3.35. The summed E-state index contributed by atoms with van der Waals surface area (Å²) >= 11 is 0. The van der Waals surface area contributed by atoms with Crippen molar-refractivity contribution in [3.05, 3.63) is 36.3 Å². The van der Waals surface area contributed by atoms with Crippen LogP contribution < -0.4 is 5.32 Å². The Balaban J connectivity index is 1.56. The van der Waals surface area contributed by atoms with E-state index in [2.05, 4.69) is 44.1 Å². The van der Waals surface area contributed by atoms with Gasteiger partial charge in [0.2, 0.25) is 0 Å². The van der Waals surface area contributed by atoms with E-state index in [0.29, 0.717) is 23.2 Å². The van der Waals surface area contributed by atoms with Crippen LogP contribution in [0.1, 0.15) is 38.4 Å². The fourth-order valence-corrected chi connectivity index (χ4v) is 4.62. The molecule has 0 aromatic carbocycles. The fourth-order valence-electron chi connectivity index (χ4n) is 4.00. The van der Waals surface area contributed by atoms with E-state index in [4.69, 9.17) is 0 Å². The number of likely N-dealkylation sites (tertiary alicyclic amines) is 1. The molecule has 3 aromatic rings. The van der Waals surface area contributed by atoms with Crippen LogP contribution in [0.25, 0.3) is 11.0 Å². The summed E-state index contributed by atoms with van der Waals surface area (Å²) in [5, 5.41) is 8.78. The average Bonchev–Trinajstić information content (AvgIpc) is 3.14. The lowest BCUT2D eigenvalue weighted by molar-refractivity contribution is 0.188. The molecule has 1 aliphatic heterocycles. The first-order valence-electron chi connectivity index (χ1n) is 10.4. The van der Waals surface area contributed by atoms with Crippen molar-refractivity contribution in [2.24, 2.45) is 0 Å². The summed E-state index contributed by atoms with van der Waals surface area (Å²) in [6.45, 7) is 9.25. The zero-order valence-electron chi connectivity index (χ0n) is 18.3. The highest BCUT2D eigenvalue weighted by Crippen LogP contribution is 2.29. The van der Waals surface area contributed by atoms with E-state index in [9.17, 15) is 8.42 Å². The molecular weight excluding hydrogens is 414 g/mol. The Kier molecular flexibility index (Phi) is 5.94. The van der Waals surface area contributed by atoms with Crippen molar-refractivity contribution in [1.29, 1.82) is 0 Å². The number of aryl methyl sites for hydroxylation is 1. The molecule has 0 bridgehead atoms. The lowest BCUT2D eigenvalue weighted by atomic mass is 10.0. The third-order valence-electron chi connectivity index (χ3n) is 5.53. The molecule has 0 amide bonds. The molecule has 0 unspecified atom stereocenters. The predicted octanol–water partition coefficient (Wildman–Crippen LogP) is 2.93. The molecule has 3 aromatic heterocycles. The van der Waals surface area contributed by atoms with Crippen molar-refractivity contribution in [2.45, 2.75) is 44.7 Å². The molecule has 4 heterocycles. The van der Waals surface area contributed by atoms with Crippen molar-refractivity contribution >= 4 is 32.4 Å². The van der Waals surface area contributed by atoms with Gasteiger partial charge < -0.3 is 10.2 Å². The summed E-state index contributed by atoms with van der Waals surface area (Å²) in [6.07, 6.45) is 6.54. The zero-order valence-corrected chi connectivity index (χ0v) is 19.1. The summed E-state index contributed by atoms with van der Waals surface area (Å²) in [4.78, 5) is 15.6. The molecule has 9 nitrogen and oxygen atoms in total. The Bertz CT molecular complexity index is 1180. The Morgan fingerprint density at radius 2 is 1.94 bits per heavy atom. The van der Waals surface area contributed by atoms with Gasteiger partial charge in [-0.2, -0.15) is 5.10 Å². The first-order valence-corrected chi connectivity index (χ1v) is 12.3. The van der Waals surface area contributed by atoms with E-state index >= 15 is 0 Å². The molecule has 1 radical (unpaired) electrons. The van der Waals surface area contributed by atoms with Crippen LogP contribution in [0.3, 0.4) is 0 Å². The van der Waals surface area contributed by atoms with E-state index in [0.717, 1.165) is 49.8 Å². The standard InChI is InChI=1S/C21H28N7O2S/c1-14(2)12-27-9-7-16(8-10-27)28-21-17(11-24-28)20(22-13-23-21)26-18-5-6-19(25-15(18)3)31(4,29)30/h5-6,11,13,16H,7-10,12H2,1-4H3,(H,22,23,26). The van der Waals surface area contributed by atoms with Gasteiger partial charge in [-0.15, -0.1) is 0 Å². The Hall–Kier alpha value is -2.59. The van der Waals surface area contributed by atoms with Gasteiger partial charge in [0.25, 0.3) is 0 Å². The summed E-state index contributed by atoms with van der Waals surface area (Å²) in [5.41, 5.74) is 2.07. The first-order chi connectivity index (χ1) is 14.7. The SMILES string of the molecule is C[C](C)CN1CCC(n2ncc3c(Nc4ccc(S(C)(=O)=O)nc4C)ncnc32)CC1. The zero-order chi connectivity index (χ0) is 22.2. The number of aromatic nitrogens is 5. The highest BCUT2D eigenvalue weighted by atomic mass is 32.2. The number of piperidine rings is 1. The molecule has 0 aliphatic carbocycles. The lowest BCUT2D eigenvalue weighted by Crippen LogP contribution is -2.36. The maximum absolute atomic E-state index is 11.7. The Labute approximate surface area is 182 Å². The molecule has 10 heteroatoms. The van der Waals surface area contributed by atoms with Crippen LogP contribution in [0, 0.1) is 12.8 Å². The number of pyridine rings is 1. The number of sulfone groups is 1. The van der Waals surface area contributed by atoms with Crippen LogP contribution in [0.4, 0.5) is 11.5 Å². The van der Waals surface area contributed by atoms with Gasteiger partial charge in [-0.1, -0.05) is 13.8 Å². The number of anilines is 2. The van der Waals surface area contributed by atoms with Gasteiger partial charge in [-0.3, -0.25) is 0 Å². The number of rotatable bonds is 6. The summed E-state index contributed by atoms with van der Waals surface area (Å²) in [6, 6.07) is 3.51. The number of nitrogens with one attached hydrogen (secondary N) is 1. The Morgan fingerprint density at radius 3 is 2.58 bits per heavy atom. The second-order valence-corrected chi connectivity index (χ2v) is 10.4. The molecule has 0 spiro atoms. The normalized spacial score (nSPS) is 16.3. The smallest absolute Gasteiger partial charge is 0.192 e. The van der Waals surface area contributed by atoms with E-state index in [1.807, 2.05) is 4.68 Å². The molecule has 1 N–H and O–H groups in total. The molecule has 0 atom stereocenters. The minimum absolute atomic E-state index is 0.0541. The average molecular weight is 443 g/mol. The van der Waals surface area contributed by atoms with Crippen molar-refractivity contribution < 1.29 is 8.42 Å². The van der Waals surface area contributed by atoms with Gasteiger partial charge in [-0.05, 0) is 37.8 Å². The lowest BCUT2D eigenvalue weighted by Gasteiger charge is -2.32. The van der Waals surface area contributed by atoms with Crippen LogP contribution in [-0.4, -0.2) is 63.9 Å². The van der Waals surface area contributed by atoms with Gasteiger partial charge >= 0.3 is 0 Å². The molecule has 1 aliphatic rings. The van der Waals surface area contributed by atoms with Crippen molar-refractivity contribution in [3.8, 4) is 0 Å². The number of nitrogens with zero attached hydrogens (tertiary/aromatic N) is 6. The highest BCUT2D eigenvalue weighted by molar-refractivity contribution is 7.90. The molecule has 31 heavy (non-hydrogen) atoms. The minimum Gasteiger partial charge on any atom is -0.338 e. The second kappa shape index (κ2) is 8.51. The molecule has 1 fully saturated rings. The van der Waals surface area contributed by atoms with Crippen molar-refractivity contribution in [2.75, 3.05) is 31.2 Å². The van der Waals surface area contributed by atoms with E-state index in [-0.39, 0.29) is 5.03 Å². The minimum atomic E-state index is -3.35. The molecule has 165 valence electrons. The van der Waals surface area contributed by atoms with Crippen LogP contribution in [-0.2, 0) is 9.84 Å². The number of hydrogen-bond acceptors (Lipinski definition) is 8. The number of fused-ring (bicyclic) bond motifs is 1. The van der Waals surface area contributed by atoms with Crippen LogP contribution in [0.15, 0.2) is 29.7 Å². The fraction of sp³-hybridized carbons (Fsp3) is 0.476. The van der Waals surface area contributed by atoms with Gasteiger partial charge in [0.1, 0.15) is 12.1 Å². The Morgan fingerprint density at radius 1 is 1.19 bits per heavy atom. The topological polar surface area (TPSA) is 106 Å². The van der Waals surface area contributed by atoms with E-state index in [1.165, 1.54) is 18.3 Å². The summed E-state index contributed by atoms with van der Waals surface area (Å²) < 4.78 is 25.5. The molecule has 4 rings (SSSR count). The van der Waals surface area contributed by atoms with Crippen LogP contribution >= 0.6 is 0 Å². The van der Waals surface area contributed by atoms with Crippen LogP contribution in [0.5, 0.6) is 0 Å². The van der Waals surface area contributed by atoms with Gasteiger partial charge in [0.15, 0.2) is 20.5 Å². The monoisotopic (exact) mass is 442 g/mol.